The first-order valence-electron chi connectivity index (χ1n) is 6.12. The normalized spacial score (nSPS) is 10.8. The van der Waals surface area contributed by atoms with Crippen LogP contribution in [-0.2, 0) is 0 Å². The largest absolute Gasteiger partial charge is 0.455 e. The van der Waals surface area contributed by atoms with Gasteiger partial charge in [-0.1, -0.05) is 17.7 Å². The lowest BCUT2D eigenvalue weighted by molar-refractivity contribution is 0.484. The quantitative estimate of drug-likeness (QED) is 0.588. The van der Waals surface area contributed by atoms with Crippen molar-refractivity contribution < 1.29 is 4.74 Å². The summed E-state index contributed by atoms with van der Waals surface area (Å²) in [5.41, 5.74) is 1.99. The number of aryl methyl sites for hydroxylation is 1. The van der Waals surface area contributed by atoms with Crippen molar-refractivity contribution >= 4 is 38.4 Å². The van der Waals surface area contributed by atoms with Crippen molar-refractivity contribution in [2.75, 3.05) is 0 Å². The van der Waals surface area contributed by atoms with Gasteiger partial charge in [0.1, 0.15) is 11.5 Å². The molecule has 0 spiro atoms. The molecule has 0 atom stereocenters. The van der Waals surface area contributed by atoms with Crippen LogP contribution in [0.1, 0.15) is 5.56 Å². The van der Waals surface area contributed by atoms with Gasteiger partial charge in [0.2, 0.25) is 0 Å². The van der Waals surface area contributed by atoms with Gasteiger partial charge >= 0.3 is 0 Å². The van der Waals surface area contributed by atoms with Crippen LogP contribution in [0.25, 0.3) is 10.9 Å². The second-order valence-electron chi connectivity index (χ2n) is 4.51. The van der Waals surface area contributed by atoms with Gasteiger partial charge in [0, 0.05) is 16.6 Å². The van der Waals surface area contributed by atoms with Gasteiger partial charge < -0.3 is 4.74 Å². The minimum Gasteiger partial charge on any atom is -0.455 e. The highest BCUT2D eigenvalue weighted by Gasteiger charge is 2.07. The number of ether oxygens (including phenoxy) is 1. The van der Waals surface area contributed by atoms with Crippen molar-refractivity contribution in [3.63, 3.8) is 0 Å². The zero-order valence-corrected chi connectivity index (χ0v) is 13.1. The summed E-state index contributed by atoms with van der Waals surface area (Å²) in [6, 6.07) is 13.4. The van der Waals surface area contributed by atoms with Crippen LogP contribution in [-0.4, -0.2) is 4.98 Å². The molecule has 1 aromatic heterocycles. The Bertz CT molecular complexity index is 789. The van der Waals surface area contributed by atoms with E-state index in [0.717, 1.165) is 26.9 Å². The van der Waals surface area contributed by atoms with Crippen LogP contribution in [0.3, 0.4) is 0 Å². The topological polar surface area (TPSA) is 22.1 Å². The standard InChI is InChI=1S/C16H11BrClNO/c1-10-2-5-16(13(17)8-10)20-15-6-7-19-14-9-11(18)3-4-12(14)15/h2-9H,1H3. The first-order chi connectivity index (χ1) is 9.63. The first kappa shape index (κ1) is 13.4. The highest BCUT2D eigenvalue weighted by Crippen LogP contribution is 2.34. The SMILES string of the molecule is Cc1ccc(Oc2ccnc3cc(Cl)ccc23)c(Br)c1. The molecule has 4 heteroatoms. The Hall–Kier alpha value is -1.58. The summed E-state index contributed by atoms with van der Waals surface area (Å²) in [4.78, 5) is 4.30. The Morgan fingerprint density at radius 1 is 1.05 bits per heavy atom. The molecule has 0 N–H and O–H groups in total. The highest BCUT2D eigenvalue weighted by molar-refractivity contribution is 9.10. The molecule has 0 amide bonds. The first-order valence-corrected chi connectivity index (χ1v) is 7.29. The molecule has 2 nitrogen and oxygen atoms in total. The lowest BCUT2D eigenvalue weighted by Gasteiger charge is -2.10. The summed E-state index contributed by atoms with van der Waals surface area (Å²) in [6.45, 7) is 2.04. The van der Waals surface area contributed by atoms with Crippen molar-refractivity contribution in [1.82, 2.24) is 4.98 Å². The molecule has 0 aliphatic heterocycles. The molecule has 0 saturated heterocycles. The maximum Gasteiger partial charge on any atom is 0.141 e. The fourth-order valence-electron chi connectivity index (χ4n) is 1.99. The molecule has 1 heterocycles. The van der Waals surface area contributed by atoms with E-state index >= 15 is 0 Å². The summed E-state index contributed by atoms with van der Waals surface area (Å²) in [5, 5.41) is 1.60. The second kappa shape index (κ2) is 5.43. The minimum atomic E-state index is 0.665. The number of rotatable bonds is 2. The fraction of sp³-hybridized carbons (Fsp3) is 0.0625. The molecule has 100 valence electrons. The maximum atomic E-state index is 5.99. The Labute approximate surface area is 130 Å². The van der Waals surface area contributed by atoms with Crippen LogP contribution in [0.2, 0.25) is 5.02 Å². The van der Waals surface area contributed by atoms with Crippen LogP contribution in [0.5, 0.6) is 11.5 Å². The molecule has 20 heavy (non-hydrogen) atoms. The number of fused-ring (bicyclic) bond motifs is 1. The molecule has 3 rings (SSSR count). The van der Waals surface area contributed by atoms with Gasteiger partial charge in [0.25, 0.3) is 0 Å². The molecule has 3 aromatic rings. The summed E-state index contributed by atoms with van der Waals surface area (Å²) < 4.78 is 6.91. The van der Waals surface area contributed by atoms with Crippen LogP contribution in [0, 0.1) is 6.92 Å². The zero-order valence-electron chi connectivity index (χ0n) is 10.7. The van der Waals surface area contributed by atoms with Gasteiger partial charge in [-0.3, -0.25) is 4.98 Å². The number of halogens is 2. The number of nitrogens with zero attached hydrogens (tertiary/aromatic N) is 1. The molecular formula is C16H11BrClNO. The molecule has 0 aliphatic rings. The van der Waals surface area contributed by atoms with Gasteiger partial charge in [-0.05, 0) is 64.8 Å². The Balaban J connectivity index is 2.06. The Kier molecular flexibility index (Phi) is 3.64. The highest BCUT2D eigenvalue weighted by atomic mass is 79.9. The van der Waals surface area contributed by atoms with Crippen LogP contribution < -0.4 is 4.74 Å². The van der Waals surface area contributed by atoms with Crippen molar-refractivity contribution in [3.8, 4) is 11.5 Å². The number of aromatic nitrogens is 1. The van der Waals surface area contributed by atoms with Gasteiger partial charge in [-0.25, -0.2) is 0 Å². The molecule has 0 radical (unpaired) electrons. The molecular weight excluding hydrogens is 338 g/mol. The van der Waals surface area contributed by atoms with Crippen LogP contribution >= 0.6 is 27.5 Å². The lowest BCUT2D eigenvalue weighted by Crippen LogP contribution is -1.89. The van der Waals surface area contributed by atoms with Crippen molar-refractivity contribution in [1.29, 1.82) is 0 Å². The van der Waals surface area contributed by atoms with E-state index in [0.29, 0.717) is 5.02 Å². The molecule has 2 aromatic carbocycles. The Morgan fingerprint density at radius 3 is 2.70 bits per heavy atom. The van der Waals surface area contributed by atoms with Gasteiger partial charge in [0.05, 0.1) is 9.99 Å². The van der Waals surface area contributed by atoms with Gasteiger partial charge in [0.15, 0.2) is 0 Å². The average molecular weight is 349 g/mol. The lowest BCUT2D eigenvalue weighted by atomic mass is 10.2. The smallest absolute Gasteiger partial charge is 0.141 e. The van der Waals surface area contributed by atoms with Gasteiger partial charge in [-0.15, -0.1) is 0 Å². The Morgan fingerprint density at radius 2 is 1.90 bits per heavy atom. The molecule has 0 aliphatic carbocycles. The van der Waals surface area contributed by atoms with E-state index in [1.807, 2.05) is 49.4 Å². The van der Waals surface area contributed by atoms with E-state index < -0.39 is 0 Å². The second-order valence-corrected chi connectivity index (χ2v) is 5.80. The molecule has 0 fully saturated rings. The van der Waals surface area contributed by atoms with Crippen molar-refractivity contribution in [2.45, 2.75) is 6.92 Å². The van der Waals surface area contributed by atoms with E-state index in [1.165, 1.54) is 5.56 Å². The fourth-order valence-corrected chi connectivity index (χ4v) is 2.73. The summed E-state index contributed by atoms with van der Waals surface area (Å²) in [5.74, 6) is 1.54. The number of hydrogen-bond acceptors (Lipinski definition) is 2. The minimum absolute atomic E-state index is 0.665. The van der Waals surface area contributed by atoms with E-state index in [1.54, 1.807) is 6.20 Å². The number of pyridine rings is 1. The zero-order chi connectivity index (χ0) is 14.1. The van der Waals surface area contributed by atoms with Crippen molar-refractivity contribution in [3.05, 3.63) is 63.7 Å². The summed E-state index contributed by atoms with van der Waals surface area (Å²) in [7, 11) is 0. The van der Waals surface area contributed by atoms with Crippen LogP contribution in [0.4, 0.5) is 0 Å². The van der Waals surface area contributed by atoms with E-state index in [4.69, 9.17) is 16.3 Å². The monoisotopic (exact) mass is 347 g/mol. The third-order valence-corrected chi connectivity index (χ3v) is 3.83. The average Bonchev–Trinajstić information content (AvgIpc) is 2.41. The maximum absolute atomic E-state index is 5.99. The predicted octanol–water partition coefficient (Wildman–Crippen LogP) is 5.75. The summed E-state index contributed by atoms with van der Waals surface area (Å²) >= 11 is 9.50. The van der Waals surface area contributed by atoms with Gasteiger partial charge in [-0.2, -0.15) is 0 Å². The number of benzene rings is 2. The van der Waals surface area contributed by atoms with Crippen LogP contribution in [0.15, 0.2) is 53.1 Å². The third kappa shape index (κ3) is 2.65. The number of hydrogen-bond donors (Lipinski definition) is 0. The molecule has 0 bridgehead atoms. The predicted molar refractivity (Wildman–Crippen MR) is 85.7 cm³/mol. The van der Waals surface area contributed by atoms with E-state index in [9.17, 15) is 0 Å². The molecule has 0 unspecified atom stereocenters. The summed E-state index contributed by atoms with van der Waals surface area (Å²) in [6.07, 6.45) is 1.72. The third-order valence-electron chi connectivity index (χ3n) is 2.97. The van der Waals surface area contributed by atoms with E-state index in [2.05, 4.69) is 20.9 Å². The molecule has 0 saturated carbocycles. The van der Waals surface area contributed by atoms with Crippen molar-refractivity contribution in [2.24, 2.45) is 0 Å². The van der Waals surface area contributed by atoms with E-state index in [-0.39, 0.29) is 0 Å².